The summed E-state index contributed by atoms with van der Waals surface area (Å²) in [5, 5.41) is 11.8. The van der Waals surface area contributed by atoms with Crippen LogP contribution >= 0.6 is 0 Å². The van der Waals surface area contributed by atoms with E-state index in [9.17, 15) is 14.7 Å². The van der Waals surface area contributed by atoms with Gasteiger partial charge >= 0.3 is 5.97 Å². The highest BCUT2D eigenvalue weighted by Crippen LogP contribution is 2.09. The van der Waals surface area contributed by atoms with Gasteiger partial charge in [0.05, 0.1) is 12.2 Å². The fourth-order valence-electron chi connectivity index (χ4n) is 2.04. The summed E-state index contributed by atoms with van der Waals surface area (Å²) in [7, 11) is 0. The summed E-state index contributed by atoms with van der Waals surface area (Å²) < 4.78 is 5.20. The van der Waals surface area contributed by atoms with E-state index in [4.69, 9.17) is 4.74 Å². The molecule has 2 rings (SSSR count). The standard InChI is InChI=1S/C17H18N2O4/c1-2-23-15-9-8-13(11-18-15)16(20)19-14(17(21)22)10-12-6-4-3-5-7-12/h3-9,11,14H,2,10H2,1H3,(H,19,20)(H,21,22)/t14-/m0/s1. The van der Waals surface area contributed by atoms with Gasteiger partial charge in [-0.05, 0) is 18.6 Å². The maximum atomic E-state index is 12.2. The Hall–Kier alpha value is -2.89. The summed E-state index contributed by atoms with van der Waals surface area (Å²) in [4.78, 5) is 27.5. The molecule has 0 fully saturated rings. The van der Waals surface area contributed by atoms with Gasteiger partial charge in [-0.25, -0.2) is 9.78 Å². The first-order chi connectivity index (χ1) is 11.1. The molecule has 0 bridgehead atoms. The zero-order valence-electron chi connectivity index (χ0n) is 12.7. The molecule has 1 aromatic heterocycles. The lowest BCUT2D eigenvalue weighted by Gasteiger charge is -2.14. The predicted molar refractivity (Wildman–Crippen MR) is 84.4 cm³/mol. The number of nitrogens with one attached hydrogen (secondary N) is 1. The summed E-state index contributed by atoms with van der Waals surface area (Å²) >= 11 is 0. The molecule has 1 aromatic carbocycles. The van der Waals surface area contributed by atoms with Gasteiger partial charge in [0.1, 0.15) is 6.04 Å². The molecule has 0 saturated carbocycles. The van der Waals surface area contributed by atoms with Crippen molar-refractivity contribution in [1.82, 2.24) is 10.3 Å². The monoisotopic (exact) mass is 314 g/mol. The highest BCUT2D eigenvalue weighted by Gasteiger charge is 2.21. The summed E-state index contributed by atoms with van der Waals surface area (Å²) in [5.41, 5.74) is 1.12. The zero-order chi connectivity index (χ0) is 16.7. The number of carbonyl (C=O) groups is 2. The Bertz CT molecular complexity index is 656. The minimum Gasteiger partial charge on any atom is -0.480 e. The van der Waals surface area contributed by atoms with Crippen molar-refractivity contribution in [2.75, 3.05) is 6.61 Å². The smallest absolute Gasteiger partial charge is 0.326 e. The first-order valence-electron chi connectivity index (χ1n) is 7.26. The van der Waals surface area contributed by atoms with Crippen LogP contribution in [0.1, 0.15) is 22.8 Å². The molecule has 23 heavy (non-hydrogen) atoms. The lowest BCUT2D eigenvalue weighted by molar-refractivity contribution is -0.139. The van der Waals surface area contributed by atoms with E-state index in [0.29, 0.717) is 12.5 Å². The third kappa shape index (κ3) is 4.81. The van der Waals surface area contributed by atoms with Crippen molar-refractivity contribution in [3.63, 3.8) is 0 Å². The number of carbonyl (C=O) groups excluding carboxylic acids is 1. The molecule has 0 spiro atoms. The Kier molecular flexibility index (Phi) is 5.68. The van der Waals surface area contributed by atoms with Crippen molar-refractivity contribution in [3.05, 3.63) is 59.8 Å². The van der Waals surface area contributed by atoms with Gasteiger partial charge in [-0.1, -0.05) is 30.3 Å². The number of ether oxygens (including phenoxy) is 1. The molecule has 0 aliphatic carbocycles. The molecule has 1 heterocycles. The number of carboxylic acids is 1. The van der Waals surface area contributed by atoms with Gasteiger partial charge in [-0.3, -0.25) is 4.79 Å². The van der Waals surface area contributed by atoms with Crippen LogP contribution in [0, 0.1) is 0 Å². The van der Waals surface area contributed by atoms with Crippen LogP contribution in [0.4, 0.5) is 0 Å². The average molecular weight is 314 g/mol. The van der Waals surface area contributed by atoms with Crippen LogP contribution in [0.15, 0.2) is 48.7 Å². The van der Waals surface area contributed by atoms with Gasteiger partial charge in [-0.15, -0.1) is 0 Å². The third-order valence-electron chi connectivity index (χ3n) is 3.18. The molecular formula is C17H18N2O4. The van der Waals surface area contributed by atoms with Gasteiger partial charge in [0.15, 0.2) is 0 Å². The molecule has 2 N–H and O–H groups in total. The Balaban J connectivity index is 2.04. The SMILES string of the molecule is CCOc1ccc(C(=O)N[C@@H](Cc2ccccc2)C(=O)O)cn1. The largest absolute Gasteiger partial charge is 0.480 e. The van der Waals surface area contributed by atoms with E-state index in [-0.39, 0.29) is 12.0 Å². The molecule has 6 heteroatoms. The number of benzene rings is 1. The Morgan fingerprint density at radius 2 is 1.96 bits per heavy atom. The van der Waals surface area contributed by atoms with E-state index in [2.05, 4.69) is 10.3 Å². The average Bonchev–Trinajstić information content (AvgIpc) is 2.56. The predicted octanol–water partition coefficient (Wildman–Crippen LogP) is 1.91. The molecule has 0 radical (unpaired) electrons. The van der Waals surface area contributed by atoms with Gasteiger partial charge in [-0.2, -0.15) is 0 Å². The quantitative estimate of drug-likeness (QED) is 0.815. The van der Waals surface area contributed by atoms with E-state index in [1.54, 1.807) is 12.1 Å². The maximum Gasteiger partial charge on any atom is 0.326 e. The number of aliphatic carboxylic acids is 1. The molecule has 0 unspecified atom stereocenters. The molecule has 1 amide bonds. The van der Waals surface area contributed by atoms with Crippen molar-refractivity contribution in [1.29, 1.82) is 0 Å². The van der Waals surface area contributed by atoms with Gasteiger partial charge in [0.2, 0.25) is 5.88 Å². The number of amides is 1. The first-order valence-corrected chi connectivity index (χ1v) is 7.26. The van der Waals surface area contributed by atoms with Crippen LogP contribution < -0.4 is 10.1 Å². The van der Waals surface area contributed by atoms with Crippen LogP contribution in [0.25, 0.3) is 0 Å². The molecule has 0 aliphatic heterocycles. The van der Waals surface area contributed by atoms with Crippen molar-refractivity contribution in [2.24, 2.45) is 0 Å². The molecule has 1 atom stereocenters. The number of rotatable bonds is 7. The van der Waals surface area contributed by atoms with E-state index in [0.717, 1.165) is 5.56 Å². The number of hydrogen-bond acceptors (Lipinski definition) is 4. The molecule has 0 saturated heterocycles. The van der Waals surface area contributed by atoms with Crippen molar-refractivity contribution < 1.29 is 19.4 Å². The van der Waals surface area contributed by atoms with Crippen LogP contribution in [0.5, 0.6) is 5.88 Å². The molecular weight excluding hydrogens is 296 g/mol. The summed E-state index contributed by atoms with van der Waals surface area (Å²) in [6.07, 6.45) is 1.58. The summed E-state index contributed by atoms with van der Waals surface area (Å²) in [5.74, 6) is -1.15. The Morgan fingerprint density at radius 3 is 2.52 bits per heavy atom. The second-order valence-electron chi connectivity index (χ2n) is 4.87. The lowest BCUT2D eigenvalue weighted by atomic mass is 10.1. The first kappa shape index (κ1) is 16.5. The minimum atomic E-state index is -1.08. The summed E-state index contributed by atoms with van der Waals surface area (Å²) in [6.45, 7) is 2.32. The van der Waals surface area contributed by atoms with Crippen molar-refractivity contribution in [3.8, 4) is 5.88 Å². The van der Waals surface area contributed by atoms with Gasteiger partial charge in [0.25, 0.3) is 5.91 Å². The van der Waals surface area contributed by atoms with Crippen molar-refractivity contribution in [2.45, 2.75) is 19.4 Å². The number of hydrogen-bond donors (Lipinski definition) is 2. The Morgan fingerprint density at radius 1 is 1.22 bits per heavy atom. The second-order valence-corrected chi connectivity index (χ2v) is 4.87. The number of aromatic nitrogens is 1. The third-order valence-corrected chi connectivity index (χ3v) is 3.18. The molecule has 2 aromatic rings. The Labute approximate surface area is 134 Å². The zero-order valence-corrected chi connectivity index (χ0v) is 12.7. The van der Waals surface area contributed by atoms with E-state index >= 15 is 0 Å². The number of nitrogens with zero attached hydrogens (tertiary/aromatic N) is 1. The van der Waals surface area contributed by atoms with E-state index < -0.39 is 17.9 Å². The molecule has 120 valence electrons. The molecule has 6 nitrogen and oxygen atoms in total. The van der Waals surface area contributed by atoms with E-state index in [1.165, 1.54) is 6.20 Å². The molecule has 0 aliphatic rings. The number of pyridine rings is 1. The maximum absolute atomic E-state index is 12.2. The van der Waals surface area contributed by atoms with Crippen LogP contribution in [-0.4, -0.2) is 34.6 Å². The highest BCUT2D eigenvalue weighted by molar-refractivity contribution is 5.96. The fraction of sp³-hybridized carbons (Fsp3) is 0.235. The van der Waals surface area contributed by atoms with E-state index in [1.807, 2.05) is 37.3 Å². The normalized spacial score (nSPS) is 11.5. The topological polar surface area (TPSA) is 88.5 Å². The fourth-order valence-corrected chi connectivity index (χ4v) is 2.04. The minimum absolute atomic E-state index is 0.215. The highest BCUT2D eigenvalue weighted by atomic mass is 16.5. The lowest BCUT2D eigenvalue weighted by Crippen LogP contribution is -2.42. The van der Waals surface area contributed by atoms with Crippen LogP contribution in [-0.2, 0) is 11.2 Å². The van der Waals surface area contributed by atoms with Crippen LogP contribution in [0.3, 0.4) is 0 Å². The number of carboxylic acid groups (broad SMARTS) is 1. The van der Waals surface area contributed by atoms with Gasteiger partial charge in [0, 0.05) is 18.7 Å². The van der Waals surface area contributed by atoms with Gasteiger partial charge < -0.3 is 15.2 Å². The van der Waals surface area contributed by atoms with Crippen molar-refractivity contribution >= 4 is 11.9 Å². The van der Waals surface area contributed by atoms with Crippen LogP contribution in [0.2, 0.25) is 0 Å². The summed E-state index contributed by atoms with van der Waals surface area (Å²) in [6, 6.07) is 11.3. The second kappa shape index (κ2) is 7.93.